The molecular weight excluding hydrogens is 519 g/mol. The highest BCUT2D eigenvalue weighted by Crippen LogP contribution is 2.25. The zero-order valence-electron chi connectivity index (χ0n) is 21.5. The van der Waals surface area contributed by atoms with Gasteiger partial charge in [0.25, 0.3) is 5.56 Å². The average molecular weight is 550 g/mol. The first kappa shape index (κ1) is 26.2. The predicted octanol–water partition coefficient (Wildman–Crippen LogP) is 5.57. The number of aryl methyl sites for hydroxylation is 4. The summed E-state index contributed by atoms with van der Waals surface area (Å²) in [7, 11) is 0. The Morgan fingerprint density at radius 1 is 1.05 bits per heavy atom. The van der Waals surface area contributed by atoms with Crippen LogP contribution in [0.15, 0.2) is 70.7 Å². The minimum absolute atomic E-state index is 0.0850. The van der Waals surface area contributed by atoms with Crippen molar-refractivity contribution in [3.63, 3.8) is 0 Å². The fourth-order valence-corrected chi connectivity index (χ4v) is 5.14. The maximum absolute atomic E-state index is 13.2. The van der Waals surface area contributed by atoms with Gasteiger partial charge in [0, 0.05) is 48.5 Å². The average Bonchev–Trinajstić information content (AvgIpc) is 2.91. The number of hydrogen-bond acceptors (Lipinski definition) is 4. The van der Waals surface area contributed by atoms with Crippen LogP contribution in [0.2, 0.25) is 10.0 Å². The highest BCUT2D eigenvalue weighted by molar-refractivity contribution is 6.35. The van der Waals surface area contributed by atoms with Crippen LogP contribution in [0.4, 0.5) is 11.4 Å². The molecule has 1 aliphatic rings. The summed E-state index contributed by atoms with van der Waals surface area (Å²) >= 11 is 12.3. The summed E-state index contributed by atoms with van der Waals surface area (Å²) in [5, 5.41) is 8.66. The van der Waals surface area contributed by atoms with E-state index in [1.807, 2.05) is 30.3 Å². The van der Waals surface area contributed by atoms with Crippen LogP contribution in [0.5, 0.6) is 0 Å². The van der Waals surface area contributed by atoms with Crippen molar-refractivity contribution in [1.82, 2.24) is 19.8 Å². The summed E-state index contributed by atoms with van der Waals surface area (Å²) < 4.78 is 1.62. The molecule has 5 rings (SSSR count). The van der Waals surface area contributed by atoms with E-state index in [9.17, 15) is 4.79 Å². The Balaban J connectivity index is 1.41. The van der Waals surface area contributed by atoms with Gasteiger partial charge in [0.05, 0.1) is 22.9 Å². The number of para-hydroxylation sites is 1. The summed E-state index contributed by atoms with van der Waals surface area (Å²) in [6.07, 6.45) is 2.20. The van der Waals surface area contributed by atoms with Crippen molar-refractivity contribution in [3.05, 3.63) is 98.0 Å². The van der Waals surface area contributed by atoms with Crippen molar-refractivity contribution in [1.29, 1.82) is 0 Å². The molecule has 7 nitrogen and oxygen atoms in total. The predicted molar refractivity (Wildman–Crippen MR) is 157 cm³/mol. The Bertz CT molecular complexity index is 1540. The van der Waals surface area contributed by atoms with Gasteiger partial charge >= 0.3 is 0 Å². The van der Waals surface area contributed by atoms with E-state index in [1.165, 1.54) is 0 Å². The Labute approximate surface area is 232 Å². The number of nitrogens with zero attached hydrogens (tertiary/aromatic N) is 4. The zero-order chi connectivity index (χ0) is 26.6. The Kier molecular flexibility index (Phi) is 7.98. The van der Waals surface area contributed by atoms with Crippen molar-refractivity contribution in [2.24, 2.45) is 4.99 Å². The number of benzene rings is 3. The van der Waals surface area contributed by atoms with E-state index in [1.54, 1.807) is 23.0 Å². The fourth-order valence-electron chi connectivity index (χ4n) is 4.63. The number of fused-ring (bicyclic) bond motifs is 1. The van der Waals surface area contributed by atoms with E-state index >= 15 is 0 Å². The second-order valence-corrected chi connectivity index (χ2v) is 10.3. The Hall–Kier alpha value is -3.39. The SMILES string of the molecule is Cc1cccc(C)c1N=C(Nc1ccc2c(=O)n(CCc3ccc(Cl)cc3Cl)cnc2c1)N1CCNCC1. The van der Waals surface area contributed by atoms with Crippen molar-refractivity contribution < 1.29 is 0 Å². The maximum Gasteiger partial charge on any atom is 0.261 e. The molecule has 0 radical (unpaired) electrons. The second-order valence-electron chi connectivity index (χ2n) is 9.50. The summed E-state index contributed by atoms with van der Waals surface area (Å²) in [6, 6.07) is 17.2. The molecule has 2 heterocycles. The first-order valence-corrected chi connectivity index (χ1v) is 13.5. The van der Waals surface area contributed by atoms with Crippen LogP contribution in [-0.2, 0) is 13.0 Å². The molecule has 1 aromatic heterocycles. The van der Waals surface area contributed by atoms with Crippen LogP contribution in [0.25, 0.3) is 10.9 Å². The van der Waals surface area contributed by atoms with Crippen molar-refractivity contribution in [2.75, 3.05) is 31.5 Å². The number of aliphatic imine (C=N–C) groups is 1. The molecule has 9 heteroatoms. The van der Waals surface area contributed by atoms with Crippen LogP contribution < -0.4 is 16.2 Å². The van der Waals surface area contributed by atoms with Crippen LogP contribution in [0.1, 0.15) is 16.7 Å². The van der Waals surface area contributed by atoms with Crippen LogP contribution in [0.3, 0.4) is 0 Å². The zero-order valence-corrected chi connectivity index (χ0v) is 23.0. The molecule has 2 N–H and O–H groups in total. The molecule has 3 aromatic carbocycles. The Morgan fingerprint density at radius 2 is 1.82 bits per heavy atom. The van der Waals surface area contributed by atoms with Gasteiger partial charge in [-0.2, -0.15) is 0 Å². The number of piperazine rings is 1. The third-order valence-electron chi connectivity index (χ3n) is 6.79. The normalized spacial score (nSPS) is 14.2. The van der Waals surface area contributed by atoms with E-state index < -0.39 is 0 Å². The first-order chi connectivity index (χ1) is 18.4. The van der Waals surface area contributed by atoms with Gasteiger partial charge in [-0.15, -0.1) is 0 Å². The third kappa shape index (κ3) is 5.85. The van der Waals surface area contributed by atoms with Gasteiger partial charge in [0.15, 0.2) is 0 Å². The molecule has 38 heavy (non-hydrogen) atoms. The van der Waals surface area contributed by atoms with Gasteiger partial charge in [-0.3, -0.25) is 9.36 Å². The van der Waals surface area contributed by atoms with E-state index in [4.69, 9.17) is 28.2 Å². The summed E-state index contributed by atoms with van der Waals surface area (Å²) in [5.41, 5.74) is 5.53. The van der Waals surface area contributed by atoms with Crippen molar-refractivity contribution >= 4 is 51.4 Å². The van der Waals surface area contributed by atoms with E-state index in [2.05, 4.69) is 46.5 Å². The monoisotopic (exact) mass is 548 g/mol. The lowest BCUT2D eigenvalue weighted by Crippen LogP contribution is -2.48. The molecule has 0 amide bonds. The molecule has 0 unspecified atom stereocenters. The van der Waals surface area contributed by atoms with Gasteiger partial charge in [0.1, 0.15) is 0 Å². The lowest BCUT2D eigenvalue weighted by Gasteiger charge is -2.31. The lowest BCUT2D eigenvalue weighted by atomic mass is 10.1. The number of anilines is 1. The molecular formula is C29H30Cl2N6O. The number of guanidine groups is 1. The van der Waals surface area contributed by atoms with Crippen molar-refractivity contribution in [3.8, 4) is 0 Å². The molecule has 1 aliphatic heterocycles. The van der Waals surface area contributed by atoms with Crippen LogP contribution in [0, 0.1) is 13.8 Å². The van der Waals surface area contributed by atoms with Gasteiger partial charge in [-0.05, 0) is 67.3 Å². The highest BCUT2D eigenvalue weighted by atomic mass is 35.5. The molecule has 1 saturated heterocycles. The molecule has 0 spiro atoms. The van der Waals surface area contributed by atoms with E-state index in [0.717, 1.165) is 60.2 Å². The summed E-state index contributed by atoms with van der Waals surface area (Å²) in [4.78, 5) is 25.1. The number of halogens is 2. The molecule has 4 aromatic rings. The molecule has 0 aliphatic carbocycles. The van der Waals surface area contributed by atoms with Gasteiger partial charge in [-0.25, -0.2) is 9.98 Å². The minimum atomic E-state index is -0.0850. The second kappa shape index (κ2) is 11.6. The molecule has 196 valence electrons. The van der Waals surface area contributed by atoms with Gasteiger partial charge < -0.3 is 15.5 Å². The van der Waals surface area contributed by atoms with Crippen LogP contribution in [-0.4, -0.2) is 46.6 Å². The first-order valence-electron chi connectivity index (χ1n) is 12.7. The quantitative estimate of drug-likeness (QED) is 0.252. The topological polar surface area (TPSA) is 74.5 Å². The summed E-state index contributed by atoms with van der Waals surface area (Å²) in [6.45, 7) is 8.12. The molecule has 0 saturated carbocycles. The largest absolute Gasteiger partial charge is 0.340 e. The highest BCUT2D eigenvalue weighted by Gasteiger charge is 2.17. The number of hydrogen-bond donors (Lipinski definition) is 2. The van der Waals surface area contributed by atoms with E-state index in [-0.39, 0.29) is 5.56 Å². The number of rotatable bonds is 5. The van der Waals surface area contributed by atoms with E-state index in [0.29, 0.717) is 33.9 Å². The van der Waals surface area contributed by atoms with Crippen molar-refractivity contribution in [2.45, 2.75) is 26.8 Å². The smallest absolute Gasteiger partial charge is 0.261 e. The lowest BCUT2D eigenvalue weighted by molar-refractivity contribution is 0.357. The summed E-state index contributed by atoms with van der Waals surface area (Å²) in [5.74, 6) is 0.788. The van der Waals surface area contributed by atoms with Gasteiger partial charge in [0.2, 0.25) is 5.96 Å². The maximum atomic E-state index is 13.2. The van der Waals surface area contributed by atoms with Gasteiger partial charge in [-0.1, -0.05) is 47.5 Å². The standard InChI is InChI=1S/C29H30Cl2N6O/c1-19-4-3-5-20(2)27(19)35-29(36-14-11-32-12-15-36)34-23-8-9-24-26(17-23)33-18-37(28(24)38)13-10-21-6-7-22(30)16-25(21)31/h3-9,16-18,32H,10-15H2,1-2H3,(H,34,35). The minimum Gasteiger partial charge on any atom is -0.340 e. The number of nitrogens with one attached hydrogen (secondary N) is 2. The molecule has 0 atom stereocenters. The fraction of sp³-hybridized carbons (Fsp3) is 0.276. The molecule has 1 fully saturated rings. The van der Waals surface area contributed by atoms with Crippen LogP contribution >= 0.6 is 23.2 Å². The number of aromatic nitrogens is 2. The molecule has 0 bridgehead atoms. The third-order valence-corrected chi connectivity index (χ3v) is 7.38. The Morgan fingerprint density at radius 3 is 2.55 bits per heavy atom.